The quantitative estimate of drug-likeness (QED) is 0.441. The van der Waals surface area contributed by atoms with E-state index in [-0.39, 0.29) is 11.9 Å². The number of hydrogen-bond donors (Lipinski definition) is 2. The number of fused-ring (bicyclic) bond motifs is 1. The number of pyridine rings is 3. The lowest BCUT2D eigenvalue weighted by Crippen LogP contribution is -2.43. The second-order valence-corrected chi connectivity index (χ2v) is 9.15. The van der Waals surface area contributed by atoms with Gasteiger partial charge in [-0.2, -0.15) is 0 Å². The molecule has 4 aromatic heterocycles. The fourth-order valence-electron chi connectivity index (χ4n) is 4.62. The Labute approximate surface area is 200 Å². The van der Waals surface area contributed by atoms with Gasteiger partial charge in [0, 0.05) is 48.5 Å². The van der Waals surface area contributed by atoms with Crippen molar-refractivity contribution in [2.45, 2.75) is 37.6 Å². The molecule has 2 fully saturated rings. The average Bonchev–Trinajstić information content (AvgIpc) is 3.70. The molecule has 10 heteroatoms. The summed E-state index contributed by atoms with van der Waals surface area (Å²) in [6.45, 7) is 1.61. The standard InChI is InChI=1S/C25H24F2N8/c26-16-9-19(27)24(31-10-16)33-21-8-15(5-6-30-21)23-32-20-12-29-11-18(14-3-4-14)22(20)25(34-23)35-7-1-2-17(28)13-35/h5-6,8-12,14,17H,1-4,7,13,28H2,(H,30,31,33)/t17-/m0/s1. The van der Waals surface area contributed by atoms with Crippen molar-refractivity contribution in [3.8, 4) is 11.4 Å². The van der Waals surface area contributed by atoms with E-state index >= 15 is 0 Å². The monoisotopic (exact) mass is 474 g/mol. The zero-order valence-electron chi connectivity index (χ0n) is 19.0. The molecule has 35 heavy (non-hydrogen) atoms. The first-order valence-electron chi connectivity index (χ1n) is 11.8. The van der Waals surface area contributed by atoms with Crippen LogP contribution in [-0.2, 0) is 0 Å². The molecular formula is C25H24F2N8. The minimum Gasteiger partial charge on any atom is -0.354 e. The number of nitrogens with one attached hydrogen (secondary N) is 1. The predicted molar refractivity (Wildman–Crippen MR) is 129 cm³/mol. The second kappa shape index (κ2) is 8.77. The maximum atomic E-state index is 14.1. The number of halogens is 2. The first kappa shape index (κ1) is 21.7. The Morgan fingerprint density at radius 2 is 1.91 bits per heavy atom. The molecule has 0 spiro atoms. The van der Waals surface area contributed by atoms with E-state index in [4.69, 9.17) is 15.7 Å². The van der Waals surface area contributed by atoms with Gasteiger partial charge in [0.1, 0.15) is 17.5 Å². The molecule has 0 aromatic carbocycles. The van der Waals surface area contributed by atoms with Crippen LogP contribution in [0.5, 0.6) is 0 Å². The SMILES string of the molecule is N[C@H]1CCCN(c2nc(-c3ccnc(Nc4ncc(F)cc4F)c3)nc3cncc(C4CC4)c23)C1. The van der Waals surface area contributed by atoms with Crippen LogP contribution in [0.25, 0.3) is 22.3 Å². The Morgan fingerprint density at radius 1 is 1.03 bits per heavy atom. The van der Waals surface area contributed by atoms with E-state index in [2.05, 4.69) is 25.2 Å². The Kier molecular flexibility index (Phi) is 5.44. The van der Waals surface area contributed by atoms with Gasteiger partial charge in [-0.1, -0.05) is 0 Å². The van der Waals surface area contributed by atoms with Gasteiger partial charge >= 0.3 is 0 Å². The molecule has 1 aliphatic carbocycles. The topological polar surface area (TPSA) is 106 Å². The summed E-state index contributed by atoms with van der Waals surface area (Å²) in [4.78, 5) is 24.6. The number of nitrogens with zero attached hydrogens (tertiary/aromatic N) is 6. The van der Waals surface area contributed by atoms with Crippen LogP contribution in [0, 0.1) is 11.6 Å². The molecule has 8 nitrogen and oxygen atoms in total. The van der Waals surface area contributed by atoms with Crippen molar-refractivity contribution >= 4 is 28.4 Å². The zero-order valence-corrected chi connectivity index (χ0v) is 19.0. The Bertz CT molecular complexity index is 1410. The maximum Gasteiger partial charge on any atom is 0.168 e. The van der Waals surface area contributed by atoms with Crippen molar-refractivity contribution in [3.63, 3.8) is 0 Å². The third-order valence-corrected chi connectivity index (χ3v) is 6.46. The van der Waals surface area contributed by atoms with Crippen molar-refractivity contribution < 1.29 is 8.78 Å². The third kappa shape index (κ3) is 4.37. The summed E-state index contributed by atoms with van der Waals surface area (Å²) < 4.78 is 27.3. The van der Waals surface area contributed by atoms with Crippen molar-refractivity contribution in [2.75, 3.05) is 23.3 Å². The molecule has 1 saturated heterocycles. The molecule has 178 valence electrons. The fourth-order valence-corrected chi connectivity index (χ4v) is 4.62. The van der Waals surface area contributed by atoms with E-state index in [1.807, 2.05) is 6.20 Å². The summed E-state index contributed by atoms with van der Waals surface area (Å²) in [6, 6.07) is 4.38. The Hall–Kier alpha value is -3.79. The summed E-state index contributed by atoms with van der Waals surface area (Å²) in [5.41, 5.74) is 8.98. The van der Waals surface area contributed by atoms with E-state index in [9.17, 15) is 8.78 Å². The zero-order chi connectivity index (χ0) is 23.9. The van der Waals surface area contributed by atoms with Gasteiger partial charge in [0.25, 0.3) is 0 Å². The highest BCUT2D eigenvalue weighted by molar-refractivity contribution is 5.94. The second-order valence-electron chi connectivity index (χ2n) is 9.15. The van der Waals surface area contributed by atoms with Crippen LogP contribution in [0.2, 0.25) is 0 Å². The predicted octanol–water partition coefficient (Wildman–Crippen LogP) is 4.31. The molecule has 1 atom stereocenters. The molecule has 2 aliphatic rings. The van der Waals surface area contributed by atoms with Crippen LogP contribution in [-0.4, -0.2) is 44.1 Å². The molecule has 4 aromatic rings. The van der Waals surface area contributed by atoms with Crippen molar-refractivity contribution in [3.05, 3.63) is 60.2 Å². The van der Waals surface area contributed by atoms with E-state index < -0.39 is 11.6 Å². The van der Waals surface area contributed by atoms with Gasteiger partial charge in [0.05, 0.1) is 17.9 Å². The van der Waals surface area contributed by atoms with Gasteiger partial charge in [-0.05, 0) is 49.3 Å². The smallest absolute Gasteiger partial charge is 0.168 e. The van der Waals surface area contributed by atoms with Crippen LogP contribution in [0.15, 0.2) is 43.0 Å². The lowest BCUT2D eigenvalue weighted by atomic mass is 10.0. The molecule has 3 N–H and O–H groups in total. The van der Waals surface area contributed by atoms with Crippen molar-refractivity contribution in [1.29, 1.82) is 0 Å². The molecule has 0 amide bonds. The van der Waals surface area contributed by atoms with E-state index in [1.54, 1.807) is 24.5 Å². The van der Waals surface area contributed by atoms with E-state index in [0.29, 0.717) is 23.1 Å². The Balaban J connectivity index is 1.43. The Morgan fingerprint density at radius 3 is 2.71 bits per heavy atom. The van der Waals surface area contributed by atoms with Crippen molar-refractivity contribution in [2.24, 2.45) is 5.73 Å². The lowest BCUT2D eigenvalue weighted by Gasteiger charge is -2.33. The highest BCUT2D eigenvalue weighted by Crippen LogP contribution is 2.45. The fraction of sp³-hybridized carbons (Fsp3) is 0.320. The molecule has 1 aliphatic heterocycles. The highest BCUT2D eigenvalue weighted by Gasteiger charge is 2.30. The molecular weight excluding hydrogens is 450 g/mol. The third-order valence-electron chi connectivity index (χ3n) is 6.46. The maximum absolute atomic E-state index is 14.1. The molecule has 0 radical (unpaired) electrons. The first-order valence-corrected chi connectivity index (χ1v) is 11.8. The average molecular weight is 475 g/mol. The van der Waals surface area contributed by atoms with Crippen LogP contribution >= 0.6 is 0 Å². The number of aromatic nitrogens is 5. The highest BCUT2D eigenvalue weighted by atomic mass is 19.1. The summed E-state index contributed by atoms with van der Waals surface area (Å²) in [7, 11) is 0. The number of nitrogens with two attached hydrogens (primary N) is 1. The van der Waals surface area contributed by atoms with Crippen LogP contribution in [0.1, 0.15) is 37.2 Å². The number of rotatable bonds is 5. The minimum absolute atomic E-state index is 0.0956. The molecule has 0 bridgehead atoms. The van der Waals surface area contributed by atoms with Gasteiger partial charge in [0.2, 0.25) is 0 Å². The van der Waals surface area contributed by atoms with Gasteiger partial charge in [-0.3, -0.25) is 4.98 Å². The van der Waals surface area contributed by atoms with Gasteiger partial charge in [0.15, 0.2) is 17.5 Å². The number of anilines is 3. The van der Waals surface area contributed by atoms with Gasteiger partial charge < -0.3 is 16.0 Å². The van der Waals surface area contributed by atoms with E-state index in [1.165, 1.54) is 5.56 Å². The summed E-state index contributed by atoms with van der Waals surface area (Å²) in [6.07, 6.45) is 10.5. The summed E-state index contributed by atoms with van der Waals surface area (Å²) in [5, 5.41) is 3.85. The van der Waals surface area contributed by atoms with E-state index in [0.717, 1.165) is 67.8 Å². The largest absolute Gasteiger partial charge is 0.354 e. The van der Waals surface area contributed by atoms with Gasteiger partial charge in [-0.25, -0.2) is 28.7 Å². The molecule has 0 unspecified atom stereocenters. The van der Waals surface area contributed by atoms with Crippen LogP contribution in [0.3, 0.4) is 0 Å². The molecule has 5 heterocycles. The first-order chi connectivity index (χ1) is 17.0. The molecule has 1 saturated carbocycles. The van der Waals surface area contributed by atoms with Crippen molar-refractivity contribution in [1.82, 2.24) is 24.9 Å². The minimum atomic E-state index is -0.804. The number of piperidine rings is 1. The lowest BCUT2D eigenvalue weighted by molar-refractivity contribution is 0.504. The number of hydrogen-bond acceptors (Lipinski definition) is 8. The summed E-state index contributed by atoms with van der Waals surface area (Å²) in [5.74, 6) is 0.562. The summed E-state index contributed by atoms with van der Waals surface area (Å²) >= 11 is 0. The van der Waals surface area contributed by atoms with Crippen LogP contribution < -0.4 is 16.0 Å². The van der Waals surface area contributed by atoms with Crippen LogP contribution in [0.4, 0.5) is 26.2 Å². The van der Waals surface area contributed by atoms with Gasteiger partial charge in [-0.15, -0.1) is 0 Å². The normalized spacial score (nSPS) is 18.1. The molecule has 6 rings (SSSR count).